The van der Waals surface area contributed by atoms with Crippen LogP contribution in [0.15, 0.2) is 70.3 Å². The SMILES string of the molecule is CCOC(=O)C1=C(C)N=C2SC=CN2C1c1ccc(OCc2cccc([N+](=O)[O-])c2)c(Cl)c1. The summed E-state index contributed by atoms with van der Waals surface area (Å²) >= 11 is 8.00. The van der Waals surface area contributed by atoms with Gasteiger partial charge >= 0.3 is 5.97 Å². The summed E-state index contributed by atoms with van der Waals surface area (Å²) in [5.74, 6) is 0.0107. The average Bonchev–Trinajstić information content (AvgIpc) is 3.25. The number of fused-ring (bicyclic) bond motifs is 1. The van der Waals surface area contributed by atoms with Crippen molar-refractivity contribution < 1.29 is 19.2 Å². The molecule has 2 aliphatic heterocycles. The topological polar surface area (TPSA) is 94.3 Å². The highest BCUT2D eigenvalue weighted by atomic mass is 35.5. The van der Waals surface area contributed by atoms with Crippen LogP contribution in [0, 0.1) is 10.1 Å². The van der Waals surface area contributed by atoms with Gasteiger partial charge in [-0.05, 0) is 42.5 Å². The lowest BCUT2D eigenvalue weighted by Gasteiger charge is -2.33. The molecule has 0 bridgehead atoms. The molecule has 170 valence electrons. The first kappa shape index (κ1) is 22.9. The first-order valence-electron chi connectivity index (χ1n) is 10.1. The maximum Gasteiger partial charge on any atom is 0.338 e. The fourth-order valence-electron chi connectivity index (χ4n) is 3.62. The Hall–Kier alpha value is -3.30. The zero-order valence-corrected chi connectivity index (χ0v) is 19.4. The van der Waals surface area contributed by atoms with Crippen molar-refractivity contribution in [3.05, 3.63) is 91.6 Å². The average molecular weight is 486 g/mol. The molecule has 4 rings (SSSR count). The van der Waals surface area contributed by atoms with E-state index in [1.807, 2.05) is 22.6 Å². The molecule has 1 unspecified atom stereocenters. The third-order valence-electron chi connectivity index (χ3n) is 5.10. The standard InChI is InChI=1S/C23H20ClN3O5S/c1-3-31-22(28)20-14(2)25-23-26(9-10-33-23)21(20)16-7-8-19(18(24)12-16)32-13-15-5-4-6-17(11-15)27(29)30/h4-12,21H,3,13H2,1-2H3. The third kappa shape index (κ3) is 4.74. The molecule has 8 nitrogen and oxygen atoms in total. The van der Waals surface area contributed by atoms with Gasteiger partial charge < -0.3 is 14.4 Å². The number of amidine groups is 1. The van der Waals surface area contributed by atoms with E-state index >= 15 is 0 Å². The van der Waals surface area contributed by atoms with Gasteiger partial charge in [-0.3, -0.25) is 10.1 Å². The molecular weight excluding hydrogens is 466 g/mol. The van der Waals surface area contributed by atoms with Crippen molar-refractivity contribution in [3.8, 4) is 5.75 Å². The minimum Gasteiger partial charge on any atom is -0.487 e. The quantitative estimate of drug-likeness (QED) is 0.286. The summed E-state index contributed by atoms with van der Waals surface area (Å²) in [4.78, 5) is 29.7. The smallest absolute Gasteiger partial charge is 0.338 e. The molecule has 0 N–H and O–H groups in total. The molecule has 0 aromatic heterocycles. The normalized spacial score (nSPS) is 17.0. The lowest BCUT2D eigenvalue weighted by atomic mass is 9.94. The van der Waals surface area contributed by atoms with E-state index in [1.165, 1.54) is 23.9 Å². The number of hydrogen-bond acceptors (Lipinski definition) is 8. The van der Waals surface area contributed by atoms with Crippen LogP contribution in [0.25, 0.3) is 0 Å². The Morgan fingerprint density at radius 1 is 1.30 bits per heavy atom. The predicted molar refractivity (Wildman–Crippen MR) is 127 cm³/mol. The number of rotatable bonds is 7. The fraction of sp³-hybridized carbons (Fsp3) is 0.217. The highest BCUT2D eigenvalue weighted by Gasteiger charge is 2.37. The van der Waals surface area contributed by atoms with Crippen molar-refractivity contribution in [2.24, 2.45) is 4.99 Å². The summed E-state index contributed by atoms with van der Waals surface area (Å²) in [6.07, 6.45) is 1.88. The molecule has 10 heteroatoms. The Morgan fingerprint density at radius 3 is 2.85 bits per heavy atom. The number of non-ortho nitro benzene ring substituents is 1. The Kier molecular flexibility index (Phi) is 6.71. The Bertz CT molecular complexity index is 1210. The molecular formula is C23H20ClN3O5S. The Morgan fingerprint density at radius 2 is 2.12 bits per heavy atom. The van der Waals surface area contributed by atoms with Gasteiger partial charge in [0.05, 0.1) is 33.9 Å². The van der Waals surface area contributed by atoms with Crippen molar-refractivity contribution in [3.63, 3.8) is 0 Å². The van der Waals surface area contributed by atoms with Crippen LogP contribution in [0.3, 0.4) is 0 Å². The lowest BCUT2D eigenvalue weighted by Crippen LogP contribution is -2.34. The molecule has 2 aromatic rings. The van der Waals surface area contributed by atoms with Gasteiger partial charge in [0.25, 0.3) is 5.69 Å². The monoisotopic (exact) mass is 485 g/mol. The molecule has 2 aliphatic rings. The van der Waals surface area contributed by atoms with Crippen LogP contribution in [0.2, 0.25) is 5.02 Å². The van der Waals surface area contributed by atoms with Crippen LogP contribution in [0.4, 0.5) is 5.69 Å². The van der Waals surface area contributed by atoms with Gasteiger partial charge in [0, 0.05) is 18.3 Å². The first-order chi connectivity index (χ1) is 15.9. The van der Waals surface area contributed by atoms with Gasteiger partial charge in [-0.1, -0.05) is 41.6 Å². The zero-order chi connectivity index (χ0) is 23.5. The summed E-state index contributed by atoms with van der Waals surface area (Å²) in [6.45, 7) is 3.94. The second-order valence-corrected chi connectivity index (χ2v) is 8.51. The van der Waals surface area contributed by atoms with E-state index in [2.05, 4.69) is 4.99 Å². The number of esters is 1. The maximum absolute atomic E-state index is 12.8. The third-order valence-corrected chi connectivity index (χ3v) is 6.17. The zero-order valence-electron chi connectivity index (χ0n) is 17.9. The highest BCUT2D eigenvalue weighted by molar-refractivity contribution is 8.16. The number of aliphatic imine (C=N–C) groups is 1. The van der Waals surface area contributed by atoms with Crippen LogP contribution < -0.4 is 4.74 Å². The van der Waals surface area contributed by atoms with E-state index in [-0.39, 0.29) is 18.9 Å². The van der Waals surface area contributed by atoms with Gasteiger partial charge in [-0.25, -0.2) is 9.79 Å². The second kappa shape index (κ2) is 9.68. The number of nitrogens with zero attached hydrogens (tertiary/aromatic N) is 3. The van der Waals surface area contributed by atoms with E-state index in [0.29, 0.717) is 27.6 Å². The Balaban J connectivity index is 1.60. The van der Waals surface area contributed by atoms with Crippen molar-refractivity contribution in [1.82, 2.24) is 4.90 Å². The molecule has 0 aliphatic carbocycles. The van der Waals surface area contributed by atoms with Crippen LogP contribution >= 0.6 is 23.4 Å². The van der Waals surface area contributed by atoms with E-state index in [0.717, 1.165) is 10.7 Å². The molecule has 0 radical (unpaired) electrons. The minimum atomic E-state index is -0.450. The lowest BCUT2D eigenvalue weighted by molar-refractivity contribution is -0.384. The maximum atomic E-state index is 12.8. The first-order valence-corrected chi connectivity index (χ1v) is 11.4. The molecule has 0 amide bonds. The number of nitro benzene ring substituents is 1. The van der Waals surface area contributed by atoms with Crippen molar-refractivity contribution in [1.29, 1.82) is 0 Å². The van der Waals surface area contributed by atoms with Gasteiger partial charge in [-0.15, -0.1) is 0 Å². The Labute approximate surface area is 199 Å². The summed E-state index contributed by atoms with van der Waals surface area (Å²) in [5, 5.41) is 14.0. The molecule has 33 heavy (non-hydrogen) atoms. The predicted octanol–water partition coefficient (Wildman–Crippen LogP) is 5.60. The summed E-state index contributed by atoms with van der Waals surface area (Å²) in [6, 6.07) is 11.1. The fourth-order valence-corrected chi connectivity index (χ4v) is 4.66. The molecule has 2 aromatic carbocycles. The van der Waals surface area contributed by atoms with E-state index in [1.54, 1.807) is 38.1 Å². The molecule has 1 atom stereocenters. The number of carbonyl (C=O) groups excluding carboxylic acids is 1. The number of hydrogen-bond donors (Lipinski definition) is 0. The van der Waals surface area contributed by atoms with Gasteiger partial charge in [-0.2, -0.15) is 0 Å². The number of nitro groups is 1. The molecule has 0 saturated carbocycles. The number of benzene rings is 2. The number of thioether (sulfide) groups is 1. The van der Waals surface area contributed by atoms with E-state index in [9.17, 15) is 14.9 Å². The number of allylic oxidation sites excluding steroid dienone is 1. The number of carbonyl (C=O) groups is 1. The molecule has 0 spiro atoms. The largest absolute Gasteiger partial charge is 0.487 e. The van der Waals surface area contributed by atoms with Crippen LogP contribution in [0.1, 0.15) is 31.0 Å². The molecule has 0 saturated heterocycles. The second-order valence-electron chi connectivity index (χ2n) is 7.23. The van der Waals surface area contributed by atoms with Crippen molar-refractivity contribution in [2.75, 3.05) is 6.61 Å². The van der Waals surface area contributed by atoms with Gasteiger partial charge in [0.2, 0.25) is 0 Å². The summed E-state index contributed by atoms with van der Waals surface area (Å²) in [7, 11) is 0. The van der Waals surface area contributed by atoms with Gasteiger partial charge in [0.1, 0.15) is 12.4 Å². The number of ether oxygens (including phenoxy) is 2. The van der Waals surface area contributed by atoms with Gasteiger partial charge in [0.15, 0.2) is 5.17 Å². The minimum absolute atomic E-state index is 0.00231. The summed E-state index contributed by atoms with van der Waals surface area (Å²) in [5.41, 5.74) is 2.49. The van der Waals surface area contributed by atoms with Crippen LogP contribution in [0.5, 0.6) is 5.75 Å². The van der Waals surface area contributed by atoms with E-state index in [4.69, 9.17) is 21.1 Å². The summed E-state index contributed by atoms with van der Waals surface area (Å²) < 4.78 is 11.1. The number of halogens is 1. The highest BCUT2D eigenvalue weighted by Crippen LogP contribution is 2.42. The van der Waals surface area contributed by atoms with Crippen LogP contribution in [-0.4, -0.2) is 27.6 Å². The van der Waals surface area contributed by atoms with Crippen molar-refractivity contribution in [2.45, 2.75) is 26.5 Å². The molecule has 2 heterocycles. The van der Waals surface area contributed by atoms with Crippen molar-refractivity contribution >= 4 is 40.2 Å². The van der Waals surface area contributed by atoms with E-state index < -0.39 is 16.9 Å². The van der Waals surface area contributed by atoms with Crippen LogP contribution in [-0.2, 0) is 16.1 Å². The molecule has 0 fully saturated rings.